The number of piperidine rings is 1. The van der Waals surface area contributed by atoms with Crippen LogP contribution in [0.25, 0.3) is 0 Å². The molecule has 2 atom stereocenters. The summed E-state index contributed by atoms with van der Waals surface area (Å²) in [6.07, 6.45) is 1.98. The second kappa shape index (κ2) is 4.94. The number of ether oxygens (including phenoxy) is 1. The molecule has 0 aromatic heterocycles. The van der Waals surface area contributed by atoms with Crippen molar-refractivity contribution in [1.29, 1.82) is 0 Å². The highest BCUT2D eigenvalue weighted by atomic mass is 16.5. The Morgan fingerprint density at radius 2 is 2.06 bits per heavy atom. The van der Waals surface area contributed by atoms with Gasteiger partial charge < -0.3 is 15.4 Å². The minimum Gasteiger partial charge on any atom is -0.377 e. The molecule has 1 saturated heterocycles. The lowest BCUT2D eigenvalue weighted by Crippen LogP contribution is -2.56. The number of methoxy groups -OCH3 is 1. The molecule has 1 aliphatic heterocycles. The summed E-state index contributed by atoms with van der Waals surface area (Å²) in [5.41, 5.74) is 5.61. The summed E-state index contributed by atoms with van der Waals surface area (Å²) >= 11 is 0. The summed E-state index contributed by atoms with van der Waals surface area (Å²) in [4.78, 5) is 14.1. The lowest BCUT2D eigenvalue weighted by atomic mass is 9.85. The predicted octanol–water partition coefficient (Wildman–Crippen LogP) is 1.39. The first-order valence-corrected chi connectivity index (χ1v) is 6.29. The predicted molar refractivity (Wildman–Crippen MR) is 68.7 cm³/mol. The molecule has 17 heavy (non-hydrogen) atoms. The third-order valence-electron chi connectivity index (χ3n) is 3.66. The molecule has 4 heteroatoms. The van der Waals surface area contributed by atoms with Gasteiger partial charge in [-0.3, -0.25) is 4.79 Å². The molecule has 0 saturated carbocycles. The SMILES string of the molecule is COC1(C)CCCN(C(=O)C(N)C(C)(C)C)C1. The molecule has 2 N–H and O–H groups in total. The van der Waals surface area contributed by atoms with E-state index in [0.717, 1.165) is 19.4 Å². The first-order chi connectivity index (χ1) is 7.69. The maximum absolute atomic E-state index is 12.3. The van der Waals surface area contributed by atoms with E-state index in [0.29, 0.717) is 6.54 Å². The molecule has 0 aromatic rings. The van der Waals surface area contributed by atoms with E-state index >= 15 is 0 Å². The van der Waals surface area contributed by atoms with Gasteiger partial charge in [-0.25, -0.2) is 0 Å². The van der Waals surface area contributed by atoms with E-state index in [4.69, 9.17) is 10.5 Å². The van der Waals surface area contributed by atoms with Gasteiger partial charge in [-0.1, -0.05) is 20.8 Å². The lowest BCUT2D eigenvalue weighted by Gasteiger charge is -2.41. The van der Waals surface area contributed by atoms with Gasteiger partial charge in [0.1, 0.15) is 0 Å². The largest absolute Gasteiger partial charge is 0.377 e. The number of amides is 1. The zero-order chi connectivity index (χ0) is 13.3. The molecule has 0 radical (unpaired) electrons. The molecule has 1 rings (SSSR count). The monoisotopic (exact) mass is 242 g/mol. The molecule has 2 unspecified atom stereocenters. The van der Waals surface area contributed by atoms with Crippen LogP contribution < -0.4 is 5.73 Å². The van der Waals surface area contributed by atoms with Crippen molar-refractivity contribution < 1.29 is 9.53 Å². The minimum absolute atomic E-state index is 0.0421. The third-order valence-corrected chi connectivity index (χ3v) is 3.66. The molecule has 0 bridgehead atoms. The van der Waals surface area contributed by atoms with Crippen LogP contribution in [0.4, 0.5) is 0 Å². The van der Waals surface area contributed by atoms with Crippen molar-refractivity contribution in [2.24, 2.45) is 11.1 Å². The zero-order valence-corrected chi connectivity index (χ0v) is 11.7. The van der Waals surface area contributed by atoms with Gasteiger partial charge in [-0.15, -0.1) is 0 Å². The molecular formula is C13H26N2O2. The van der Waals surface area contributed by atoms with Crippen LogP contribution in [0.1, 0.15) is 40.5 Å². The molecule has 100 valence electrons. The van der Waals surface area contributed by atoms with Crippen molar-refractivity contribution >= 4 is 5.91 Å². The van der Waals surface area contributed by atoms with Gasteiger partial charge >= 0.3 is 0 Å². The molecule has 1 aliphatic rings. The van der Waals surface area contributed by atoms with Gasteiger partial charge in [0, 0.05) is 20.2 Å². The van der Waals surface area contributed by atoms with Crippen LogP contribution in [0.3, 0.4) is 0 Å². The average Bonchev–Trinajstić information content (AvgIpc) is 2.26. The average molecular weight is 242 g/mol. The van der Waals surface area contributed by atoms with Crippen LogP contribution in [0.5, 0.6) is 0 Å². The van der Waals surface area contributed by atoms with Gasteiger partial charge in [0.05, 0.1) is 11.6 Å². The Labute approximate surface area is 104 Å². The summed E-state index contributed by atoms with van der Waals surface area (Å²) in [7, 11) is 1.71. The van der Waals surface area contributed by atoms with Crippen molar-refractivity contribution in [3.8, 4) is 0 Å². The molecule has 0 aliphatic carbocycles. The topological polar surface area (TPSA) is 55.6 Å². The fourth-order valence-electron chi connectivity index (χ4n) is 2.13. The molecule has 0 aromatic carbocycles. The minimum atomic E-state index is -0.443. The third kappa shape index (κ3) is 3.42. The number of hydrogen-bond acceptors (Lipinski definition) is 3. The van der Waals surface area contributed by atoms with Crippen LogP contribution in [0.15, 0.2) is 0 Å². The fourth-order valence-corrected chi connectivity index (χ4v) is 2.13. The van der Waals surface area contributed by atoms with E-state index in [1.54, 1.807) is 7.11 Å². The summed E-state index contributed by atoms with van der Waals surface area (Å²) in [5, 5.41) is 0. The Bertz CT molecular complexity index is 286. The van der Waals surface area contributed by atoms with E-state index in [2.05, 4.69) is 6.92 Å². The first-order valence-electron chi connectivity index (χ1n) is 6.29. The maximum Gasteiger partial charge on any atom is 0.240 e. The number of carbonyl (C=O) groups excluding carboxylic acids is 1. The second-order valence-electron chi connectivity index (χ2n) is 6.36. The smallest absolute Gasteiger partial charge is 0.240 e. The van der Waals surface area contributed by atoms with Gasteiger partial charge in [0.25, 0.3) is 0 Å². The number of rotatable bonds is 2. The van der Waals surface area contributed by atoms with Crippen LogP contribution in [0.2, 0.25) is 0 Å². The van der Waals surface area contributed by atoms with Gasteiger partial charge in [-0.2, -0.15) is 0 Å². The van der Waals surface area contributed by atoms with E-state index in [1.807, 2.05) is 25.7 Å². The number of carbonyl (C=O) groups is 1. The summed E-state index contributed by atoms with van der Waals surface area (Å²) in [5.74, 6) is 0.0421. The highest BCUT2D eigenvalue weighted by molar-refractivity contribution is 5.82. The van der Waals surface area contributed by atoms with Gasteiger partial charge in [-0.05, 0) is 25.2 Å². The van der Waals surface area contributed by atoms with E-state index in [9.17, 15) is 4.79 Å². The number of likely N-dealkylation sites (tertiary alicyclic amines) is 1. The first kappa shape index (κ1) is 14.5. The van der Waals surface area contributed by atoms with Crippen LogP contribution in [-0.4, -0.2) is 42.6 Å². The van der Waals surface area contributed by atoms with Crippen LogP contribution in [0, 0.1) is 5.41 Å². The molecule has 1 fully saturated rings. The molecule has 1 heterocycles. The Morgan fingerprint density at radius 1 is 1.47 bits per heavy atom. The normalized spacial score (nSPS) is 28.0. The standard InChI is InChI=1S/C13H26N2O2/c1-12(2,3)10(14)11(16)15-8-6-7-13(4,9-15)17-5/h10H,6-9,14H2,1-5H3. The summed E-state index contributed by atoms with van der Waals surface area (Å²) in [6, 6.07) is -0.443. The Morgan fingerprint density at radius 3 is 2.53 bits per heavy atom. The zero-order valence-electron chi connectivity index (χ0n) is 11.7. The number of nitrogens with zero attached hydrogens (tertiary/aromatic N) is 1. The van der Waals surface area contributed by atoms with Crippen molar-refractivity contribution in [3.63, 3.8) is 0 Å². The molecular weight excluding hydrogens is 216 g/mol. The van der Waals surface area contributed by atoms with E-state index < -0.39 is 6.04 Å². The van der Waals surface area contributed by atoms with Gasteiger partial charge in [0.15, 0.2) is 0 Å². The molecule has 0 spiro atoms. The van der Waals surface area contributed by atoms with E-state index in [-0.39, 0.29) is 16.9 Å². The number of nitrogens with two attached hydrogens (primary N) is 1. The maximum atomic E-state index is 12.3. The van der Waals surface area contributed by atoms with E-state index in [1.165, 1.54) is 0 Å². The van der Waals surface area contributed by atoms with Crippen molar-refractivity contribution in [2.45, 2.75) is 52.2 Å². The van der Waals surface area contributed by atoms with Crippen molar-refractivity contribution in [1.82, 2.24) is 4.90 Å². The van der Waals surface area contributed by atoms with Crippen LogP contribution >= 0.6 is 0 Å². The highest BCUT2D eigenvalue weighted by Crippen LogP contribution is 2.26. The quantitative estimate of drug-likeness (QED) is 0.796. The second-order valence-corrected chi connectivity index (χ2v) is 6.36. The molecule has 1 amide bonds. The summed E-state index contributed by atoms with van der Waals surface area (Å²) in [6.45, 7) is 9.47. The van der Waals surface area contributed by atoms with Crippen molar-refractivity contribution in [2.75, 3.05) is 20.2 Å². The Balaban J connectivity index is 2.70. The highest BCUT2D eigenvalue weighted by Gasteiger charge is 2.37. The Kier molecular flexibility index (Phi) is 4.20. The van der Waals surface area contributed by atoms with Gasteiger partial charge in [0.2, 0.25) is 5.91 Å². The lowest BCUT2D eigenvalue weighted by molar-refractivity contribution is -0.142. The molecule has 4 nitrogen and oxygen atoms in total. The summed E-state index contributed by atoms with van der Waals surface area (Å²) < 4.78 is 5.49. The van der Waals surface area contributed by atoms with Crippen molar-refractivity contribution in [3.05, 3.63) is 0 Å². The Hall–Kier alpha value is -0.610. The fraction of sp³-hybridized carbons (Fsp3) is 0.923. The number of hydrogen-bond donors (Lipinski definition) is 1. The van der Waals surface area contributed by atoms with Crippen LogP contribution in [-0.2, 0) is 9.53 Å².